The third-order valence-electron chi connectivity index (χ3n) is 4.98. The van der Waals surface area contributed by atoms with Crippen LogP contribution in [-0.4, -0.2) is 59.7 Å². The van der Waals surface area contributed by atoms with E-state index < -0.39 is 5.60 Å². The van der Waals surface area contributed by atoms with Gasteiger partial charge in [0.05, 0.1) is 6.04 Å². The van der Waals surface area contributed by atoms with Gasteiger partial charge >= 0.3 is 12.1 Å². The summed E-state index contributed by atoms with van der Waals surface area (Å²) in [5.41, 5.74) is -0.498. The van der Waals surface area contributed by atoms with Crippen LogP contribution in [0.4, 0.5) is 9.59 Å². The Bertz CT molecular complexity index is 457. The summed E-state index contributed by atoms with van der Waals surface area (Å²) in [6, 6.07) is 0.240. The summed E-state index contributed by atoms with van der Waals surface area (Å²) in [5, 5.41) is 3.00. The van der Waals surface area contributed by atoms with E-state index in [1.165, 1.54) is 12.8 Å². The zero-order valence-electron chi connectivity index (χ0n) is 15.8. The molecule has 1 saturated heterocycles. The number of carbonyl (C=O) groups excluding carboxylic acids is 2. The Balaban J connectivity index is 1.86. The SMILES string of the molecule is CC(C1CC1)N(C)C(=O)NCC1CCCCN1C(=O)OC(C)(C)C. The number of hydrogen-bond acceptors (Lipinski definition) is 3. The number of nitrogens with one attached hydrogen (secondary N) is 1. The molecule has 2 aliphatic rings. The van der Waals surface area contributed by atoms with Crippen LogP contribution in [0.2, 0.25) is 0 Å². The first kappa shape index (κ1) is 18.9. The van der Waals surface area contributed by atoms with Crippen LogP contribution < -0.4 is 5.32 Å². The van der Waals surface area contributed by atoms with Crippen molar-refractivity contribution < 1.29 is 14.3 Å². The van der Waals surface area contributed by atoms with Crippen molar-refractivity contribution in [3.63, 3.8) is 0 Å². The molecule has 1 aliphatic carbocycles. The predicted octanol–water partition coefficient (Wildman–Crippen LogP) is 3.22. The average Bonchev–Trinajstić information content (AvgIpc) is 3.34. The molecule has 0 aromatic rings. The van der Waals surface area contributed by atoms with Crippen LogP contribution in [0.1, 0.15) is 59.8 Å². The number of hydrogen-bond donors (Lipinski definition) is 1. The Kier molecular flexibility index (Phi) is 5.99. The number of likely N-dealkylation sites (tertiary alicyclic amines) is 1. The minimum absolute atomic E-state index is 0.0159. The van der Waals surface area contributed by atoms with E-state index in [2.05, 4.69) is 12.2 Å². The van der Waals surface area contributed by atoms with Crippen molar-refractivity contribution in [1.82, 2.24) is 15.1 Å². The number of urea groups is 1. The number of rotatable bonds is 4. The van der Waals surface area contributed by atoms with E-state index in [9.17, 15) is 9.59 Å². The molecule has 0 aromatic carbocycles. The van der Waals surface area contributed by atoms with Gasteiger partial charge in [0.25, 0.3) is 0 Å². The molecular formula is C18H33N3O3. The highest BCUT2D eigenvalue weighted by Crippen LogP contribution is 2.34. The van der Waals surface area contributed by atoms with Gasteiger partial charge in [-0.3, -0.25) is 0 Å². The highest BCUT2D eigenvalue weighted by molar-refractivity contribution is 5.74. The molecule has 6 nitrogen and oxygen atoms in total. The second-order valence-electron chi connectivity index (χ2n) is 8.20. The van der Waals surface area contributed by atoms with Gasteiger partial charge in [-0.2, -0.15) is 0 Å². The zero-order chi connectivity index (χ0) is 17.9. The number of ether oxygens (including phenoxy) is 1. The molecule has 0 spiro atoms. The van der Waals surface area contributed by atoms with Crippen LogP contribution in [0.5, 0.6) is 0 Å². The Labute approximate surface area is 145 Å². The summed E-state index contributed by atoms with van der Waals surface area (Å²) in [6.45, 7) is 8.91. The van der Waals surface area contributed by atoms with Gasteiger partial charge in [-0.15, -0.1) is 0 Å². The van der Waals surface area contributed by atoms with E-state index in [4.69, 9.17) is 4.74 Å². The fraction of sp³-hybridized carbons (Fsp3) is 0.889. The summed E-state index contributed by atoms with van der Waals surface area (Å²) < 4.78 is 5.50. The lowest BCUT2D eigenvalue weighted by Crippen LogP contribution is -2.53. The van der Waals surface area contributed by atoms with Crippen LogP contribution >= 0.6 is 0 Å². The molecule has 1 aliphatic heterocycles. The van der Waals surface area contributed by atoms with Gasteiger partial charge in [0.2, 0.25) is 0 Å². The third kappa shape index (κ3) is 5.28. The van der Waals surface area contributed by atoms with Crippen molar-refractivity contribution in [1.29, 1.82) is 0 Å². The maximum Gasteiger partial charge on any atom is 0.410 e. The highest BCUT2D eigenvalue weighted by atomic mass is 16.6. The lowest BCUT2D eigenvalue weighted by Gasteiger charge is -2.37. The molecule has 6 heteroatoms. The number of carbonyl (C=O) groups is 2. The lowest BCUT2D eigenvalue weighted by atomic mass is 10.0. The van der Waals surface area contributed by atoms with Crippen LogP contribution in [0.3, 0.4) is 0 Å². The molecule has 0 radical (unpaired) electrons. The molecule has 1 saturated carbocycles. The van der Waals surface area contributed by atoms with E-state index >= 15 is 0 Å². The fourth-order valence-corrected chi connectivity index (χ4v) is 3.18. The smallest absolute Gasteiger partial charge is 0.410 e. The molecule has 1 N–H and O–H groups in total. The topological polar surface area (TPSA) is 61.9 Å². The van der Waals surface area contributed by atoms with Crippen molar-refractivity contribution >= 4 is 12.1 Å². The Hall–Kier alpha value is -1.46. The summed E-state index contributed by atoms with van der Waals surface area (Å²) in [6.07, 6.45) is 5.13. The molecule has 24 heavy (non-hydrogen) atoms. The van der Waals surface area contributed by atoms with Crippen LogP contribution in [0, 0.1) is 5.92 Å². The van der Waals surface area contributed by atoms with Gasteiger partial charge in [0.1, 0.15) is 5.60 Å². The molecule has 3 amide bonds. The van der Waals surface area contributed by atoms with E-state index in [1.807, 2.05) is 27.8 Å². The molecule has 2 unspecified atom stereocenters. The fourth-order valence-electron chi connectivity index (χ4n) is 3.18. The van der Waals surface area contributed by atoms with Crippen molar-refractivity contribution in [3.05, 3.63) is 0 Å². The van der Waals surface area contributed by atoms with E-state index in [-0.39, 0.29) is 24.2 Å². The number of piperidine rings is 1. The van der Waals surface area contributed by atoms with E-state index in [0.717, 1.165) is 19.3 Å². The quantitative estimate of drug-likeness (QED) is 0.855. The van der Waals surface area contributed by atoms with Gasteiger partial charge in [-0.1, -0.05) is 0 Å². The average molecular weight is 339 g/mol. The molecule has 1 heterocycles. The third-order valence-corrected chi connectivity index (χ3v) is 4.98. The molecular weight excluding hydrogens is 306 g/mol. The Morgan fingerprint density at radius 3 is 2.50 bits per heavy atom. The van der Waals surface area contributed by atoms with Crippen molar-refractivity contribution in [3.8, 4) is 0 Å². The molecule has 2 rings (SSSR count). The number of amides is 3. The van der Waals surface area contributed by atoms with Gasteiger partial charge in [-0.25, -0.2) is 9.59 Å². The van der Waals surface area contributed by atoms with Gasteiger partial charge in [0.15, 0.2) is 0 Å². The summed E-state index contributed by atoms with van der Waals surface area (Å²) in [4.78, 5) is 28.3. The minimum atomic E-state index is -0.498. The summed E-state index contributed by atoms with van der Waals surface area (Å²) in [5.74, 6) is 0.647. The first-order chi connectivity index (χ1) is 11.2. The largest absolute Gasteiger partial charge is 0.444 e. The second kappa shape index (κ2) is 7.62. The number of nitrogens with zero attached hydrogens (tertiary/aromatic N) is 2. The van der Waals surface area contributed by atoms with Crippen LogP contribution in [-0.2, 0) is 4.74 Å². The van der Waals surface area contributed by atoms with Crippen molar-refractivity contribution in [2.24, 2.45) is 5.92 Å². The maximum atomic E-state index is 12.4. The van der Waals surface area contributed by atoms with E-state index in [1.54, 1.807) is 9.80 Å². The normalized spacial score (nSPS) is 22.7. The summed E-state index contributed by atoms with van der Waals surface area (Å²) >= 11 is 0. The van der Waals surface area contributed by atoms with E-state index in [0.29, 0.717) is 19.0 Å². The molecule has 0 bridgehead atoms. The summed E-state index contributed by atoms with van der Waals surface area (Å²) in [7, 11) is 1.85. The zero-order valence-corrected chi connectivity index (χ0v) is 15.8. The van der Waals surface area contributed by atoms with Crippen LogP contribution in [0.15, 0.2) is 0 Å². The second-order valence-corrected chi connectivity index (χ2v) is 8.20. The monoisotopic (exact) mass is 339 g/mol. The van der Waals surface area contributed by atoms with Crippen LogP contribution in [0.25, 0.3) is 0 Å². The molecule has 138 valence electrons. The predicted molar refractivity (Wildman–Crippen MR) is 93.9 cm³/mol. The lowest BCUT2D eigenvalue weighted by molar-refractivity contribution is 0.0100. The minimum Gasteiger partial charge on any atom is -0.444 e. The molecule has 2 fully saturated rings. The van der Waals surface area contributed by atoms with Crippen molar-refractivity contribution in [2.45, 2.75) is 77.5 Å². The first-order valence-corrected chi connectivity index (χ1v) is 9.19. The Morgan fingerprint density at radius 1 is 1.25 bits per heavy atom. The maximum absolute atomic E-state index is 12.4. The highest BCUT2D eigenvalue weighted by Gasteiger charge is 2.34. The standard InChI is InChI=1S/C18H33N3O3/c1-13(14-9-10-14)20(5)16(22)19-12-15-8-6-7-11-21(15)17(23)24-18(2,3)4/h13-15H,6-12H2,1-5H3,(H,19,22). The molecule has 0 aromatic heterocycles. The van der Waals surface area contributed by atoms with Crippen molar-refractivity contribution in [2.75, 3.05) is 20.1 Å². The molecule has 2 atom stereocenters. The van der Waals surface area contributed by atoms with Gasteiger partial charge in [-0.05, 0) is 65.7 Å². The Morgan fingerprint density at radius 2 is 1.92 bits per heavy atom. The van der Waals surface area contributed by atoms with Gasteiger partial charge in [0, 0.05) is 26.2 Å². The van der Waals surface area contributed by atoms with Gasteiger partial charge < -0.3 is 19.9 Å². The first-order valence-electron chi connectivity index (χ1n) is 9.19.